The topological polar surface area (TPSA) is 70.1 Å². The van der Waals surface area contributed by atoms with Gasteiger partial charge in [0.25, 0.3) is 0 Å². The second-order valence-electron chi connectivity index (χ2n) is 9.73. The van der Waals surface area contributed by atoms with Crippen LogP contribution in [0.5, 0.6) is 23.0 Å². The maximum atomic E-state index is 13.1. The fourth-order valence-electron chi connectivity index (χ4n) is 5.46. The lowest BCUT2D eigenvalue weighted by atomic mass is 10.0. The quantitative estimate of drug-likeness (QED) is 0.452. The number of hydrogen-bond acceptors (Lipinski definition) is 6. The number of carbonyl (C=O) groups excluding carboxylic acids is 1. The molecule has 190 valence electrons. The third kappa shape index (κ3) is 4.66. The zero-order chi connectivity index (χ0) is 25.2. The average molecular weight is 491 g/mol. The molecule has 0 unspecified atom stereocenters. The van der Waals surface area contributed by atoms with Gasteiger partial charge >= 0.3 is 0 Å². The summed E-state index contributed by atoms with van der Waals surface area (Å²) in [5.74, 6) is 3.40. The number of methoxy groups -OCH3 is 3. The molecule has 0 atom stereocenters. The predicted molar refractivity (Wildman–Crippen MR) is 139 cm³/mol. The number of pyridine rings is 1. The van der Waals surface area contributed by atoms with Crippen LogP contribution < -0.4 is 18.9 Å². The Kier molecular flexibility index (Phi) is 6.90. The molecule has 1 amide bonds. The van der Waals surface area contributed by atoms with Gasteiger partial charge in [0.1, 0.15) is 6.61 Å². The standard InChI is InChI=1S/C29H34N2O5/c1-18-11-23(30-24-16-26(34-3)25(33-2)15-22(18)24)20-13-21-17-31(28(32)12-19-7-5-6-8-19)9-10-36-29(21)27(14-20)35-4/h11,13-16,19H,5-10,12,17H2,1-4H3. The third-order valence-corrected chi connectivity index (χ3v) is 7.43. The van der Waals surface area contributed by atoms with Gasteiger partial charge in [0.05, 0.1) is 39.1 Å². The van der Waals surface area contributed by atoms with E-state index >= 15 is 0 Å². The Morgan fingerprint density at radius 2 is 1.72 bits per heavy atom. The summed E-state index contributed by atoms with van der Waals surface area (Å²) in [7, 11) is 4.90. The number of aromatic nitrogens is 1. The highest BCUT2D eigenvalue weighted by molar-refractivity contribution is 5.88. The molecule has 0 radical (unpaired) electrons. The molecule has 1 saturated carbocycles. The van der Waals surface area contributed by atoms with E-state index < -0.39 is 0 Å². The van der Waals surface area contributed by atoms with Crippen LogP contribution in [0.4, 0.5) is 0 Å². The number of fused-ring (bicyclic) bond motifs is 2. The van der Waals surface area contributed by atoms with Crippen LogP contribution in [0.25, 0.3) is 22.2 Å². The maximum absolute atomic E-state index is 13.1. The second kappa shape index (κ2) is 10.2. The largest absolute Gasteiger partial charge is 0.493 e. The first kappa shape index (κ1) is 24.2. The van der Waals surface area contributed by atoms with Gasteiger partial charge in [0.15, 0.2) is 23.0 Å². The van der Waals surface area contributed by atoms with E-state index in [0.717, 1.165) is 46.1 Å². The number of carbonyl (C=O) groups is 1. The molecule has 0 bridgehead atoms. The van der Waals surface area contributed by atoms with Crippen LogP contribution in [0.3, 0.4) is 0 Å². The molecule has 0 spiro atoms. The summed E-state index contributed by atoms with van der Waals surface area (Å²) in [6.07, 6.45) is 5.42. The molecule has 2 aliphatic rings. The highest BCUT2D eigenvalue weighted by Gasteiger charge is 2.26. The Morgan fingerprint density at radius 3 is 2.44 bits per heavy atom. The van der Waals surface area contributed by atoms with Crippen LogP contribution >= 0.6 is 0 Å². The Hall–Kier alpha value is -3.48. The van der Waals surface area contributed by atoms with Crippen molar-refractivity contribution in [1.29, 1.82) is 0 Å². The minimum absolute atomic E-state index is 0.212. The van der Waals surface area contributed by atoms with E-state index in [1.807, 2.05) is 23.1 Å². The van der Waals surface area contributed by atoms with Crippen LogP contribution in [0.2, 0.25) is 0 Å². The van der Waals surface area contributed by atoms with E-state index in [9.17, 15) is 4.79 Å². The first-order valence-corrected chi connectivity index (χ1v) is 12.7. The summed E-state index contributed by atoms with van der Waals surface area (Å²) in [6, 6.07) is 9.96. The molecule has 0 saturated heterocycles. The zero-order valence-corrected chi connectivity index (χ0v) is 21.6. The molecule has 1 aliphatic heterocycles. The van der Waals surface area contributed by atoms with Crippen molar-refractivity contribution in [2.24, 2.45) is 5.92 Å². The molecule has 7 heteroatoms. The van der Waals surface area contributed by atoms with Gasteiger partial charge in [-0.15, -0.1) is 0 Å². The van der Waals surface area contributed by atoms with Gasteiger partial charge in [-0.3, -0.25) is 4.79 Å². The van der Waals surface area contributed by atoms with E-state index in [4.69, 9.17) is 23.9 Å². The summed E-state index contributed by atoms with van der Waals surface area (Å²) in [6.45, 7) is 3.59. The summed E-state index contributed by atoms with van der Waals surface area (Å²) >= 11 is 0. The van der Waals surface area contributed by atoms with Gasteiger partial charge < -0.3 is 23.8 Å². The molecular weight excluding hydrogens is 456 g/mol. The lowest BCUT2D eigenvalue weighted by molar-refractivity contribution is -0.132. The Bertz CT molecular complexity index is 1280. The maximum Gasteiger partial charge on any atom is 0.223 e. The molecule has 7 nitrogen and oxygen atoms in total. The number of benzene rings is 2. The number of hydrogen-bond donors (Lipinski definition) is 0. The Balaban J connectivity index is 1.52. The molecule has 0 N–H and O–H groups in total. The minimum atomic E-state index is 0.212. The third-order valence-electron chi connectivity index (χ3n) is 7.43. The Labute approximate surface area is 212 Å². The molecule has 1 fully saturated rings. The van der Waals surface area contributed by atoms with E-state index in [1.54, 1.807) is 21.3 Å². The van der Waals surface area contributed by atoms with Crippen LogP contribution in [0.1, 0.15) is 43.2 Å². The fraction of sp³-hybridized carbons (Fsp3) is 0.448. The van der Waals surface area contributed by atoms with Crippen LogP contribution in [-0.2, 0) is 11.3 Å². The number of nitrogens with zero attached hydrogens (tertiary/aromatic N) is 2. The first-order chi connectivity index (χ1) is 17.5. The molecule has 5 rings (SSSR count). The highest BCUT2D eigenvalue weighted by Crippen LogP contribution is 2.40. The van der Waals surface area contributed by atoms with Gasteiger partial charge in [-0.1, -0.05) is 12.8 Å². The highest BCUT2D eigenvalue weighted by atomic mass is 16.5. The second-order valence-corrected chi connectivity index (χ2v) is 9.73. The smallest absolute Gasteiger partial charge is 0.223 e. The number of amides is 1. The molecule has 36 heavy (non-hydrogen) atoms. The number of ether oxygens (including phenoxy) is 4. The molecule has 3 aromatic rings. The Morgan fingerprint density at radius 1 is 1.00 bits per heavy atom. The fourth-order valence-corrected chi connectivity index (χ4v) is 5.46. The lowest BCUT2D eigenvalue weighted by Crippen LogP contribution is -2.33. The van der Waals surface area contributed by atoms with Crippen molar-refractivity contribution >= 4 is 16.8 Å². The molecule has 1 aliphatic carbocycles. The van der Waals surface area contributed by atoms with E-state index in [-0.39, 0.29) is 5.91 Å². The lowest BCUT2D eigenvalue weighted by Gasteiger charge is -2.22. The SMILES string of the molecule is COc1cc2nc(-c3cc4c(c(OC)c3)OCCN(C(=O)CC3CCCC3)C4)cc(C)c2cc1OC. The van der Waals surface area contributed by atoms with Crippen molar-refractivity contribution in [3.05, 3.63) is 41.5 Å². The summed E-state index contributed by atoms with van der Waals surface area (Å²) in [4.78, 5) is 20.0. The first-order valence-electron chi connectivity index (χ1n) is 12.7. The van der Waals surface area contributed by atoms with Gasteiger partial charge in [0.2, 0.25) is 5.91 Å². The van der Waals surface area contributed by atoms with Crippen LogP contribution in [-0.4, -0.2) is 50.3 Å². The van der Waals surface area contributed by atoms with Gasteiger partial charge in [-0.05, 0) is 55.5 Å². The minimum Gasteiger partial charge on any atom is -0.493 e. The predicted octanol–water partition coefficient (Wildman–Crippen LogP) is 5.54. The van der Waals surface area contributed by atoms with Crippen molar-refractivity contribution < 1.29 is 23.7 Å². The molecule has 2 heterocycles. The van der Waals surface area contributed by atoms with E-state index in [0.29, 0.717) is 55.0 Å². The zero-order valence-electron chi connectivity index (χ0n) is 21.6. The molecule has 1 aromatic heterocycles. The van der Waals surface area contributed by atoms with Gasteiger partial charge in [0, 0.05) is 35.5 Å². The normalized spacial score (nSPS) is 15.8. The van der Waals surface area contributed by atoms with Crippen molar-refractivity contribution in [3.8, 4) is 34.3 Å². The van der Waals surface area contributed by atoms with E-state index in [2.05, 4.69) is 19.1 Å². The summed E-state index contributed by atoms with van der Waals surface area (Å²) in [5, 5.41) is 1.00. The summed E-state index contributed by atoms with van der Waals surface area (Å²) < 4.78 is 22.8. The van der Waals surface area contributed by atoms with Crippen molar-refractivity contribution in [2.45, 2.75) is 45.6 Å². The van der Waals surface area contributed by atoms with Crippen molar-refractivity contribution in [2.75, 3.05) is 34.5 Å². The average Bonchev–Trinajstić information content (AvgIpc) is 3.30. The van der Waals surface area contributed by atoms with Crippen molar-refractivity contribution in [3.63, 3.8) is 0 Å². The van der Waals surface area contributed by atoms with E-state index in [1.165, 1.54) is 12.8 Å². The van der Waals surface area contributed by atoms with Crippen LogP contribution in [0, 0.1) is 12.8 Å². The van der Waals surface area contributed by atoms with Crippen molar-refractivity contribution in [1.82, 2.24) is 9.88 Å². The molecular formula is C29H34N2O5. The number of aryl methyl sites for hydroxylation is 1. The van der Waals surface area contributed by atoms with Gasteiger partial charge in [-0.2, -0.15) is 0 Å². The van der Waals surface area contributed by atoms with Crippen LogP contribution in [0.15, 0.2) is 30.3 Å². The molecule has 2 aromatic carbocycles. The monoisotopic (exact) mass is 490 g/mol. The number of rotatable bonds is 6. The van der Waals surface area contributed by atoms with Gasteiger partial charge in [-0.25, -0.2) is 4.98 Å². The summed E-state index contributed by atoms with van der Waals surface area (Å²) in [5.41, 5.74) is 4.57.